The van der Waals surface area contributed by atoms with Crippen LogP contribution in [0.25, 0.3) is 11.1 Å². The molecule has 0 saturated carbocycles. The van der Waals surface area contributed by atoms with E-state index in [2.05, 4.69) is 12.1 Å². The highest BCUT2D eigenvalue weighted by atomic mass is 16.6. The number of quaternary nitrogens is 1. The van der Waals surface area contributed by atoms with E-state index in [1.165, 1.54) is 4.90 Å². The molecule has 2 N–H and O–H groups in total. The molecule has 3 aromatic rings. The number of nitrogens with one attached hydrogen (secondary N) is 1. The van der Waals surface area contributed by atoms with Gasteiger partial charge in [0.05, 0.1) is 26.2 Å². The lowest BCUT2D eigenvalue weighted by Gasteiger charge is -2.35. The normalized spacial score (nSPS) is 18.7. The second kappa shape index (κ2) is 10.8. The summed E-state index contributed by atoms with van der Waals surface area (Å²) in [6.07, 6.45) is -1.19. The Hall–Kier alpha value is -3.55. The molecule has 5 rings (SSSR count). The topological polar surface area (TPSA) is 72.7 Å². The van der Waals surface area contributed by atoms with Gasteiger partial charge >= 0.3 is 0 Å². The first-order valence-electron chi connectivity index (χ1n) is 12.1. The fraction of sp³-hybridized carbons (Fsp3) is 0.321. The summed E-state index contributed by atoms with van der Waals surface area (Å²) in [5.74, 6) is 1.99. The van der Waals surface area contributed by atoms with Crippen molar-refractivity contribution in [1.82, 2.24) is 4.90 Å². The van der Waals surface area contributed by atoms with Crippen LogP contribution in [-0.2, 0) is 4.79 Å². The fourth-order valence-corrected chi connectivity index (χ4v) is 4.55. The maximum atomic E-state index is 12.9. The van der Waals surface area contributed by atoms with Gasteiger partial charge in [0.15, 0.2) is 11.5 Å². The van der Waals surface area contributed by atoms with E-state index in [1.54, 1.807) is 0 Å². The summed E-state index contributed by atoms with van der Waals surface area (Å²) >= 11 is 0. The van der Waals surface area contributed by atoms with Crippen LogP contribution in [0.2, 0.25) is 0 Å². The van der Waals surface area contributed by atoms with E-state index in [0.717, 1.165) is 30.0 Å². The van der Waals surface area contributed by atoms with Gasteiger partial charge in [-0.05, 0) is 35.4 Å². The Morgan fingerprint density at radius 3 is 2.34 bits per heavy atom. The summed E-state index contributed by atoms with van der Waals surface area (Å²) in [6.45, 7) is 3.86. The third-order valence-electron chi connectivity index (χ3n) is 6.49. The van der Waals surface area contributed by atoms with Gasteiger partial charge in [-0.15, -0.1) is 0 Å². The number of hydrogen-bond donors (Lipinski definition) is 2. The van der Waals surface area contributed by atoms with Crippen molar-refractivity contribution >= 4 is 5.91 Å². The molecule has 0 unspecified atom stereocenters. The fourth-order valence-electron chi connectivity index (χ4n) is 4.55. The second-order valence-electron chi connectivity index (χ2n) is 9.00. The SMILES string of the molecule is O=C([C@H]1COc2ccccc2O1)N1CC[NH+](C[C@@H](O)COc2ccc(-c3ccccc3)cc2)CC1. The van der Waals surface area contributed by atoms with Crippen LogP contribution in [0.1, 0.15) is 0 Å². The molecule has 2 heterocycles. The van der Waals surface area contributed by atoms with Gasteiger partial charge in [-0.25, -0.2) is 0 Å². The number of benzene rings is 3. The van der Waals surface area contributed by atoms with Crippen molar-refractivity contribution in [3.05, 3.63) is 78.9 Å². The first-order valence-corrected chi connectivity index (χ1v) is 12.1. The minimum Gasteiger partial charge on any atom is -0.491 e. The maximum absolute atomic E-state index is 12.9. The van der Waals surface area contributed by atoms with E-state index in [1.807, 2.05) is 71.6 Å². The highest BCUT2D eigenvalue weighted by Crippen LogP contribution is 2.31. The summed E-state index contributed by atoms with van der Waals surface area (Å²) in [4.78, 5) is 16.0. The molecule has 7 nitrogen and oxygen atoms in total. The van der Waals surface area contributed by atoms with Crippen LogP contribution in [0, 0.1) is 0 Å². The Balaban J connectivity index is 1.04. The van der Waals surface area contributed by atoms with Crippen LogP contribution in [0.4, 0.5) is 0 Å². The number of carbonyl (C=O) groups is 1. The number of nitrogens with zero attached hydrogens (tertiary/aromatic N) is 1. The Morgan fingerprint density at radius 2 is 1.60 bits per heavy atom. The van der Waals surface area contributed by atoms with Crippen molar-refractivity contribution in [2.45, 2.75) is 12.2 Å². The molecule has 2 aliphatic heterocycles. The number of fused-ring (bicyclic) bond motifs is 1. The zero-order chi connectivity index (χ0) is 24.0. The van der Waals surface area contributed by atoms with Gasteiger partial charge in [-0.1, -0.05) is 54.6 Å². The predicted molar refractivity (Wildman–Crippen MR) is 132 cm³/mol. The number of aliphatic hydroxyl groups excluding tert-OH is 1. The highest BCUT2D eigenvalue weighted by Gasteiger charge is 2.34. The molecule has 7 heteroatoms. The molecule has 3 aromatic carbocycles. The van der Waals surface area contributed by atoms with E-state index in [4.69, 9.17) is 14.2 Å². The van der Waals surface area contributed by atoms with Gasteiger partial charge in [0.1, 0.15) is 31.6 Å². The van der Waals surface area contributed by atoms with Crippen LogP contribution < -0.4 is 19.1 Å². The van der Waals surface area contributed by atoms with Gasteiger partial charge in [0.25, 0.3) is 5.91 Å². The summed E-state index contributed by atoms with van der Waals surface area (Å²) in [5, 5.41) is 10.5. The summed E-state index contributed by atoms with van der Waals surface area (Å²) < 4.78 is 17.4. The number of para-hydroxylation sites is 2. The van der Waals surface area contributed by atoms with Crippen LogP contribution in [0.3, 0.4) is 0 Å². The first-order chi connectivity index (χ1) is 17.2. The summed E-state index contributed by atoms with van der Waals surface area (Å²) in [6, 6.07) is 25.5. The summed E-state index contributed by atoms with van der Waals surface area (Å²) in [7, 11) is 0. The minimum absolute atomic E-state index is 0.0404. The Labute approximate surface area is 205 Å². The molecule has 1 saturated heterocycles. The molecule has 35 heavy (non-hydrogen) atoms. The zero-order valence-corrected chi connectivity index (χ0v) is 19.6. The van der Waals surface area contributed by atoms with Crippen molar-refractivity contribution in [3.63, 3.8) is 0 Å². The molecule has 1 amide bonds. The molecule has 0 aromatic heterocycles. The van der Waals surface area contributed by atoms with Crippen LogP contribution in [-0.4, -0.2) is 74.1 Å². The van der Waals surface area contributed by atoms with Gasteiger partial charge in [-0.3, -0.25) is 4.79 Å². The van der Waals surface area contributed by atoms with Crippen LogP contribution >= 0.6 is 0 Å². The highest BCUT2D eigenvalue weighted by molar-refractivity contribution is 5.82. The number of ether oxygens (including phenoxy) is 3. The lowest BCUT2D eigenvalue weighted by Crippen LogP contribution is -3.16. The summed E-state index contributed by atoms with van der Waals surface area (Å²) in [5.41, 5.74) is 2.29. The number of piperazine rings is 1. The van der Waals surface area contributed by atoms with E-state index in [9.17, 15) is 9.90 Å². The molecule has 1 fully saturated rings. The molecular formula is C28H31N2O5+. The van der Waals surface area contributed by atoms with E-state index >= 15 is 0 Å². The van der Waals surface area contributed by atoms with Crippen molar-refractivity contribution < 1.29 is 29.0 Å². The molecule has 0 radical (unpaired) electrons. The van der Waals surface area contributed by atoms with Gasteiger partial charge in [0, 0.05) is 0 Å². The van der Waals surface area contributed by atoms with Crippen molar-refractivity contribution in [2.75, 3.05) is 45.9 Å². The van der Waals surface area contributed by atoms with Gasteiger partial charge in [-0.2, -0.15) is 0 Å². The van der Waals surface area contributed by atoms with Gasteiger partial charge in [0.2, 0.25) is 6.10 Å². The zero-order valence-electron chi connectivity index (χ0n) is 19.6. The van der Waals surface area contributed by atoms with Crippen molar-refractivity contribution in [2.24, 2.45) is 0 Å². The molecule has 2 aliphatic rings. The number of aliphatic hydroxyl groups is 1. The molecule has 0 aliphatic carbocycles. The first kappa shape index (κ1) is 23.2. The van der Waals surface area contributed by atoms with Crippen LogP contribution in [0.5, 0.6) is 17.2 Å². The van der Waals surface area contributed by atoms with Crippen molar-refractivity contribution in [1.29, 1.82) is 0 Å². The second-order valence-corrected chi connectivity index (χ2v) is 9.00. The minimum atomic E-state index is -0.612. The molecule has 0 spiro atoms. The Bertz CT molecular complexity index is 1110. The third kappa shape index (κ3) is 5.75. The monoisotopic (exact) mass is 475 g/mol. The molecule has 0 bridgehead atoms. The largest absolute Gasteiger partial charge is 0.491 e. The molecule has 182 valence electrons. The molecule has 2 atom stereocenters. The average molecular weight is 476 g/mol. The lowest BCUT2D eigenvalue weighted by atomic mass is 10.1. The van der Waals surface area contributed by atoms with Crippen LogP contribution in [0.15, 0.2) is 78.9 Å². The Morgan fingerprint density at radius 1 is 0.943 bits per heavy atom. The third-order valence-corrected chi connectivity index (χ3v) is 6.49. The smallest absolute Gasteiger partial charge is 0.267 e. The number of rotatable bonds is 7. The number of hydrogen-bond acceptors (Lipinski definition) is 5. The number of amides is 1. The standard InChI is InChI=1S/C28H30N2O5/c31-23(19-33-24-12-10-22(11-13-24)21-6-2-1-3-7-21)18-29-14-16-30(17-15-29)28(32)27-20-34-25-8-4-5-9-26(25)35-27/h1-13,23,27,31H,14-20H2/p+1/t23-,27-/m1/s1. The van der Waals surface area contributed by atoms with E-state index in [0.29, 0.717) is 31.1 Å². The average Bonchev–Trinajstić information content (AvgIpc) is 2.92. The number of carbonyl (C=O) groups excluding carboxylic acids is 1. The van der Waals surface area contributed by atoms with E-state index < -0.39 is 12.2 Å². The van der Waals surface area contributed by atoms with E-state index in [-0.39, 0.29) is 19.1 Å². The predicted octanol–water partition coefficient (Wildman–Crippen LogP) is 1.66. The quantitative estimate of drug-likeness (QED) is 0.544. The Kier molecular flexibility index (Phi) is 7.16. The van der Waals surface area contributed by atoms with Crippen molar-refractivity contribution in [3.8, 4) is 28.4 Å². The molecular weight excluding hydrogens is 444 g/mol. The lowest BCUT2D eigenvalue weighted by molar-refractivity contribution is -0.907. The maximum Gasteiger partial charge on any atom is 0.267 e. The van der Waals surface area contributed by atoms with Gasteiger partial charge < -0.3 is 29.1 Å².